The average Bonchev–Trinajstić information content (AvgIpc) is 2.92. The van der Waals surface area contributed by atoms with Crippen molar-refractivity contribution >= 4 is 29.3 Å². The standard InChI is InChI=1S/C29H28N4O4/c1-37-28(35)24-9-5-7-22(19-24)13-14-23-8-6-12-26(20-23)31-29(36)33-17-15-32(16-18-33)21-27(34)30-25-10-3-2-4-11-25/h2-12,19-20H,15-18,21H2,1H3,(H,30,34)(H,31,36). The zero-order valence-electron chi connectivity index (χ0n) is 20.6. The fourth-order valence-corrected chi connectivity index (χ4v) is 3.90. The molecule has 0 atom stereocenters. The van der Waals surface area contributed by atoms with Gasteiger partial charge < -0.3 is 20.3 Å². The zero-order chi connectivity index (χ0) is 26.0. The van der Waals surface area contributed by atoms with Crippen LogP contribution in [0.5, 0.6) is 0 Å². The topological polar surface area (TPSA) is 91.0 Å². The van der Waals surface area contributed by atoms with Crippen LogP contribution in [0.1, 0.15) is 21.5 Å². The van der Waals surface area contributed by atoms with Crippen molar-refractivity contribution in [1.82, 2.24) is 9.80 Å². The summed E-state index contributed by atoms with van der Waals surface area (Å²) in [6, 6.07) is 23.4. The van der Waals surface area contributed by atoms with Crippen molar-refractivity contribution in [3.63, 3.8) is 0 Å². The lowest BCUT2D eigenvalue weighted by Gasteiger charge is -2.34. The Bertz CT molecular complexity index is 1320. The number of rotatable bonds is 5. The number of nitrogens with zero attached hydrogens (tertiary/aromatic N) is 2. The van der Waals surface area contributed by atoms with Gasteiger partial charge in [0, 0.05) is 48.7 Å². The van der Waals surface area contributed by atoms with Gasteiger partial charge in [-0.3, -0.25) is 9.69 Å². The number of esters is 1. The molecule has 0 radical (unpaired) electrons. The summed E-state index contributed by atoms with van der Waals surface area (Å²) in [5.41, 5.74) is 3.27. The average molecular weight is 497 g/mol. The van der Waals surface area contributed by atoms with Crippen LogP contribution < -0.4 is 10.6 Å². The predicted octanol–water partition coefficient (Wildman–Crippen LogP) is 3.66. The molecule has 4 rings (SSSR count). The van der Waals surface area contributed by atoms with Gasteiger partial charge in [-0.05, 0) is 48.5 Å². The van der Waals surface area contributed by atoms with E-state index in [1.807, 2.05) is 59.5 Å². The Labute approximate surface area is 216 Å². The third kappa shape index (κ3) is 7.43. The minimum atomic E-state index is -0.412. The van der Waals surface area contributed by atoms with Crippen LogP contribution >= 0.6 is 0 Å². The zero-order valence-corrected chi connectivity index (χ0v) is 20.6. The van der Waals surface area contributed by atoms with Crippen LogP contribution in [-0.4, -0.2) is 67.5 Å². The molecular formula is C29H28N4O4. The molecule has 1 fully saturated rings. The number of ether oxygens (including phenoxy) is 1. The number of carbonyl (C=O) groups is 3. The number of hydrogen-bond acceptors (Lipinski definition) is 5. The number of para-hydroxylation sites is 1. The lowest BCUT2D eigenvalue weighted by molar-refractivity contribution is -0.117. The molecule has 0 bridgehead atoms. The Hall–Kier alpha value is -4.61. The van der Waals surface area contributed by atoms with Gasteiger partial charge in [-0.2, -0.15) is 0 Å². The largest absolute Gasteiger partial charge is 0.465 e. The van der Waals surface area contributed by atoms with Crippen LogP contribution in [0, 0.1) is 11.8 Å². The van der Waals surface area contributed by atoms with E-state index in [-0.39, 0.29) is 18.5 Å². The summed E-state index contributed by atoms with van der Waals surface area (Å²) in [6.07, 6.45) is 0. The van der Waals surface area contributed by atoms with E-state index in [2.05, 4.69) is 22.5 Å². The summed E-state index contributed by atoms with van der Waals surface area (Å²) in [5.74, 6) is 5.63. The Morgan fingerprint density at radius 2 is 1.43 bits per heavy atom. The predicted molar refractivity (Wildman–Crippen MR) is 142 cm³/mol. The highest BCUT2D eigenvalue weighted by molar-refractivity contribution is 5.92. The highest BCUT2D eigenvalue weighted by Gasteiger charge is 2.22. The fourth-order valence-electron chi connectivity index (χ4n) is 3.90. The van der Waals surface area contributed by atoms with Crippen molar-refractivity contribution in [2.24, 2.45) is 0 Å². The minimum absolute atomic E-state index is 0.0703. The highest BCUT2D eigenvalue weighted by Crippen LogP contribution is 2.13. The van der Waals surface area contributed by atoms with Gasteiger partial charge in [-0.1, -0.05) is 42.2 Å². The summed E-state index contributed by atoms with van der Waals surface area (Å²) in [4.78, 5) is 40.6. The number of benzene rings is 3. The monoisotopic (exact) mass is 496 g/mol. The quantitative estimate of drug-likeness (QED) is 0.416. The SMILES string of the molecule is COC(=O)c1cccc(C#Cc2cccc(NC(=O)N3CCN(CC(=O)Nc4ccccc4)CC3)c2)c1. The molecule has 1 heterocycles. The third-order valence-electron chi connectivity index (χ3n) is 5.83. The molecule has 2 N–H and O–H groups in total. The van der Waals surface area contributed by atoms with E-state index in [0.29, 0.717) is 43.0 Å². The highest BCUT2D eigenvalue weighted by atomic mass is 16.5. The maximum absolute atomic E-state index is 12.8. The summed E-state index contributed by atoms with van der Waals surface area (Å²) in [7, 11) is 1.34. The number of anilines is 2. The Morgan fingerprint density at radius 3 is 2.14 bits per heavy atom. The van der Waals surface area contributed by atoms with E-state index >= 15 is 0 Å². The van der Waals surface area contributed by atoms with E-state index in [1.165, 1.54) is 7.11 Å². The van der Waals surface area contributed by atoms with Gasteiger partial charge in [0.15, 0.2) is 0 Å². The van der Waals surface area contributed by atoms with Crippen LogP contribution in [0.3, 0.4) is 0 Å². The molecule has 0 aromatic heterocycles. The van der Waals surface area contributed by atoms with Gasteiger partial charge in [0.2, 0.25) is 5.91 Å². The second kappa shape index (κ2) is 12.4. The maximum Gasteiger partial charge on any atom is 0.337 e. The summed E-state index contributed by atoms with van der Waals surface area (Å²) in [6.45, 7) is 2.58. The molecule has 0 saturated carbocycles. The van der Waals surface area contributed by atoms with Crippen molar-refractivity contribution < 1.29 is 19.1 Å². The third-order valence-corrected chi connectivity index (χ3v) is 5.83. The molecule has 3 aromatic carbocycles. The van der Waals surface area contributed by atoms with Crippen molar-refractivity contribution in [2.45, 2.75) is 0 Å². The molecule has 0 aliphatic carbocycles. The summed E-state index contributed by atoms with van der Waals surface area (Å²) < 4.78 is 4.75. The van der Waals surface area contributed by atoms with Crippen LogP contribution in [0.4, 0.5) is 16.2 Å². The van der Waals surface area contributed by atoms with Gasteiger partial charge in [0.1, 0.15) is 0 Å². The Morgan fingerprint density at radius 1 is 0.784 bits per heavy atom. The van der Waals surface area contributed by atoms with Crippen LogP contribution in [0.2, 0.25) is 0 Å². The molecule has 0 unspecified atom stereocenters. The normalized spacial score (nSPS) is 13.2. The van der Waals surface area contributed by atoms with Gasteiger partial charge in [-0.15, -0.1) is 0 Å². The number of nitrogens with one attached hydrogen (secondary N) is 2. The number of carbonyl (C=O) groups excluding carboxylic acids is 3. The van der Waals surface area contributed by atoms with E-state index < -0.39 is 5.97 Å². The van der Waals surface area contributed by atoms with Crippen molar-refractivity contribution in [2.75, 3.05) is 50.5 Å². The molecule has 0 spiro atoms. The number of amides is 3. The molecule has 3 aromatic rings. The Kier molecular flexibility index (Phi) is 8.53. The number of hydrogen-bond donors (Lipinski definition) is 2. The molecule has 8 heteroatoms. The van der Waals surface area contributed by atoms with Gasteiger partial charge in [-0.25, -0.2) is 9.59 Å². The first-order chi connectivity index (χ1) is 18.0. The lowest BCUT2D eigenvalue weighted by Crippen LogP contribution is -2.51. The second-order valence-corrected chi connectivity index (χ2v) is 8.51. The summed E-state index contributed by atoms with van der Waals surface area (Å²) >= 11 is 0. The van der Waals surface area contributed by atoms with Crippen molar-refractivity contribution in [1.29, 1.82) is 0 Å². The first-order valence-corrected chi connectivity index (χ1v) is 11.9. The van der Waals surface area contributed by atoms with Gasteiger partial charge >= 0.3 is 12.0 Å². The smallest absolute Gasteiger partial charge is 0.337 e. The van der Waals surface area contributed by atoms with E-state index in [9.17, 15) is 14.4 Å². The molecule has 8 nitrogen and oxygen atoms in total. The minimum Gasteiger partial charge on any atom is -0.465 e. The van der Waals surface area contributed by atoms with Crippen molar-refractivity contribution in [3.8, 4) is 11.8 Å². The first kappa shape index (κ1) is 25.5. The van der Waals surface area contributed by atoms with E-state index in [1.54, 1.807) is 29.2 Å². The summed E-state index contributed by atoms with van der Waals surface area (Å²) in [5, 5.41) is 5.82. The second-order valence-electron chi connectivity index (χ2n) is 8.51. The van der Waals surface area contributed by atoms with Crippen LogP contribution in [0.15, 0.2) is 78.9 Å². The molecular weight excluding hydrogens is 468 g/mol. The number of urea groups is 1. The molecule has 3 amide bonds. The molecule has 1 aliphatic rings. The lowest BCUT2D eigenvalue weighted by atomic mass is 10.1. The molecule has 1 aliphatic heterocycles. The Balaban J connectivity index is 1.28. The maximum atomic E-state index is 12.8. The van der Waals surface area contributed by atoms with Gasteiger partial charge in [0.25, 0.3) is 0 Å². The number of piperazine rings is 1. The van der Waals surface area contributed by atoms with Crippen LogP contribution in [0.25, 0.3) is 0 Å². The molecule has 37 heavy (non-hydrogen) atoms. The van der Waals surface area contributed by atoms with Crippen LogP contribution in [-0.2, 0) is 9.53 Å². The molecule has 1 saturated heterocycles. The van der Waals surface area contributed by atoms with Crippen molar-refractivity contribution in [3.05, 3.63) is 95.6 Å². The first-order valence-electron chi connectivity index (χ1n) is 11.9. The van der Waals surface area contributed by atoms with E-state index in [4.69, 9.17) is 4.74 Å². The van der Waals surface area contributed by atoms with Gasteiger partial charge in [0.05, 0.1) is 19.2 Å². The molecule has 188 valence electrons. The fraction of sp³-hybridized carbons (Fsp3) is 0.207. The van der Waals surface area contributed by atoms with E-state index in [0.717, 1.165) is 11.3 Å². The number of methoxy groups -OCH3 is 1.